The molecule has 0 N–H and O–H groups in total. The van der Waals surface area contributed by atoms with Crippen molar-refractivity contribution in [1.29, 1.82) is 0 Å². The second-order valence-corrected chi connectivity index (χ2v) is 5.87. The molecule has 8 nitrogen and oxygen atoms in total. The molecule has 1 saturated heterocycles. The van der Waals surface area contributed by atoms with Crippen LogP contribution in [-0.2, 0) is 22.6 Å². The molecule has 0 aliphatic carbocycles. The minimum Gasteiger partial charge on any atom is -0.467 e. The summed E-state index contributed by atoms with van der Waals surface area (Å²) in [5.41, 5.74) is 0.908. The first-order chi connectivity index (χ1) is 12.2. The van der Waals surface area contributed by atoms with Crippen molar-refractivity contribution in [3.8, 4) is 0 Å². The van der Waals surface area contributed by atoms with Crippen molar-refractivity contribution in [1.82, 2.24) is 19.0 Å². The molecule has 1 fully saturated rings. The van der Waals surface area contributed by atoms with Gasteiger partial charge in [0, 0.05) is 19.3 Å². The summed E-state index contributed by atoms with van der Waals surface area (Å²) in [4.78, 5) is 31.5. The number of rotatable bonds is 4. The molecule has 130 valence electrons. The molecule has 3 aromatic rings. The maximum atomic E-state index is 12.9. The molecular weight excluding hydrogens is 324 g/mol. The van der Waals surface area contributed by atoms with E-state index in [-0.39, 0.29) is 24.7 Å². The molecule has 0 aromatic carbocycles. The number of pyridine rings is 1. The monoisotopic (exact) mass is 342 g/mol. The maximum absolute atomic E-state index is 12.9. The molecule has 0 radical (unpaired) electrons. The van der Waals surface area contributed by atoms with Crippen LogP contribution >= 0.6 is 0 Å². The average molecular weight is 342 g/mol. The number of nitrogens with zero attached hydrogens (tertiary/aromatic N) is 4. The molecule has 0 spiro atoms. The molecule has 0 atom stereocenters. The number of carbonyl (C=O) groups is 1. The van der Waals surface area contributed by atoms with Gasteiger partial charge in [-0.3, -0.25) is 13.9 Å². The van der Waals surface area contributed by atoms with E-state index in [0.29, 0.717) is 43.2 Å². The molecule has 4 heterocycles. The fourth-order valence-corrected chi connectivity index (χ4v) is 3.05. The highest BCUT2D eigenvalue weighted by molar-refractivity contribution is 5.79. The predicted octanol–water partition coefficient (Wildman–Crippen LogP) is 0.698. The van der Waals surface area contributed by atoms with Crippen molar-refractivity contribution >= 4 is 17.1 Å². The molecule has 0 unspecified atom stereocenters. The molecular formula is C17H18N4O4. The number of hydrogen-bond acceptors (Lipinski definition) is 5. The Bertz CT molecular complexity index is 935. The van der Waals surface area contributed by atoms with Crippen molar-refractivity contribution in [3.05, 3.63) is 53.0 Å². The minimum atomic E-state index is -0.272. The Morgan fingerprint density at radius 2 is 2.00 bits per heavy atom. The fraction of sp³-hybridized carbons (Fsp3) is 0.353. The first kappa shape index (κ1) is 15.6. The van der Waals surface area contributed by atoms with Gasteiger partial charge in [0.15, 0.2) is 5.65 Å². The number of fused-ring (bicyclic) bond motifs is 1. The van der Waals surface area contributed by atoms with Crippen LogP contribution < -0.4 is 5.69 Å². The highest BCUT2D eigenvalue weighted by Crippen LogP contribution is 2.13. The Balaban J connectivity index is 1.70. The molecule has 0 bridgehead atoms. The lowest BCUT2D eigenvalue weighted by atomic mass is 10.3. The van der Waals surface area contributed by atoms with E-state index in [1.54, 1.807) is 41.6 Å². The van der Waals surface area contributed by atoms with Crippen molar-refractivity contribution < 1.29 is 13.9 Å². The van der Waals surface area contributed by atoms with Crippen molar-refractivity contribution in [3.63, 3.8) is 0 Å². The van der Waals surface area contributed by atoms with Crippen molar-refractivity contribution in [2.75, 3.05) is 26.3 Å². The summed E-state index contributed by atoms with van der Waals surface area (Å²) < 4.78 is 13.6. The van der Waals surface area contributed by atoms with Gasteiger partial charge in [0.05, 0.1) is 31.5 Å². The number of ether oxygens (including phenoxy) is 1. The molecule has 8 heteroatoms. The number of morpholine rings is 1. The molecule has 1 aliphatic heterocycles. The highest BCUT2D eigenvalue weighted by atomic mass is 16.5. The minimum absolute atomic E-state index is 0.00776. The van der Waals surface area contributed by atoms with Gasteiger partial charge < -0.3 is 14.1 Å². The summed E-state index contributed by atoms with van der Waals surface area (Å²) in [6.45, 7) is 2.43. The number of aromatic nitrogens is 3. The lowest BCUT2D eigenvalue weighted by molar-refractivity contribution is -0.135. The molecule has 1 amide bonds. The Morgan fingerprint density at radius 3 is 2.76 bits per heavy atom. The van der Waals surface area contributed by atoms with Gasteiger partial charge in [-0.05, 0) is 24.3 Å². The number of carbonyl (C=O) groups excluding carboxylic acids is 1. The van der Waals surface area contributed by atoms with E-state index >= 15 is 0 Å². The Hall–Kier alpha value is -2.87. The van der Waals surface area contributed by atoms with Gasteiger partial charge in [0.25, 0.3) is 0 Å². The van der Waals surface area contributed by atoms with Crippen LogP contribution in [0.3, 0.4) is 0 Å². The van der Waals surface area contributed by atoms with Gasteiger partial charge in [-0.1, -0.05) is 0 Å². The van der Waals surface area contributed by atoms with E-state index in [4.69, 9.17) is 9.15 Å². The smallest absolute Gasteiger partial charge is 0.331 e. The average Bonchev–Trinajstić information content (AvgIpc) is 3.25. The normalized spacial score (nSPS) is 15.0. The summed E-state index contributed by atoms with van der Waals surface area (Å²) in [5.74, 6) is 0.567. The van der Waals surface area contributed by atoms with Crippen LogP contribution in [0.15, 0.2) is 45.9 Å². The van der Waals surface area contributed by atoms with Crippen LogP contribution in [0, 0.1) is 0 Å². The maximum Gasteiger partial charge on any atom is 0.331 e. The van der Waals surface area contributed by atoms with Gasteiger partial charge in [-0.25, -0.2) is 9.78 Å². The summed E-state index contributed by atoms with van der Waals surface area (Å²) in [7, 11) is 0. The zero-order chi connectivity index (χ0) is 17.2. The van der Waals surface area contributed by atoms with Gasteiger partial charge in [-0.2, -0.15) is 0 Å². The third kappa shape index (κ3) is 2.96. The third-order valence-electron chi connectivity index (χ3n) is 4.33. The zero-order valence-electron chi connectivity index (χ0n) is 13.6. The first-order valence-electron chi connectivity index (χ1n) is 8.16. The summed E-state index contributed by atoms with van der Waals surface area (Å²) in [6.07, 6.45) is 3.20. The number of hydrogen-bond donors (Lipinski definition) is 0. The van der Waals surface area contributed by atoms with Crippen LogP contribution in [0.25, 0.3) is 11.2 Å². The molecule has 25 heavy (non-hydrogen) atoms. The fourth-order valence-electron chi connectivity index (χ4n) is 3.05. The van der Waals surface area contributed by atoms with E-state index in [0.717, 1.165) is 0 Å². The van der Waals surface area contributed by atoms with Gasteiger partial charge >= 0.3 is 5.69 Å². The van der Waals surface area contributed by atoms with E-state index in [2.05, 4.69) is 4.98 Å². The summed E-state index contributed by atoms with van der Waals surface area (Å²) in [5, 5.41) is 0. The van der Waals surface area contributed by atoms with Gasteiger partial charge in [0.2, 0.25) is 5.91 Å². The van der Waals surface area contributed by atoms with Crippen molar-refractivity contribution in [2.24, 2.45) is 0 Å². The van der Waals surface area contributed by atoms with Crippen LogP contribution in [0.4, 0.5) is 0 Å². The summed E-state index contributed by atoms with van der Waals surface area (Å²) >= 11 is 0. The van der Waals surface area contributed by atoms with E-state index in [1.807, 2.05) is 0 Å². The number of imidazole rings is 1. The molecule has 4 rings (SSSR count). The zero-order valence-corrected chi connectivity index (χ0v) is 13.6. The van der Waals surface area contributed by atoms with E-state index in [1.165, 1.54) is 9.13 Å². The second-order valence-electron chi connectivity index (χ2n) is 5.87. The predicted molar refractivity (Wildman–Crippen MR) is 89.2 cm³/mol. The van der Waals surface area contributed by atoms with E-state index < -0.39 is 0 Å². The third-order valence-corrected chi connectivity index (χ3v) is 4.33. The van der Waals surface area contributed by atoms with Crippen molar-refractivity contribution in [2.45, 2.75) is 13.1 Å². The number of amides is 1. The van der Waals surface area contributed by atoms with E-state index in [9.17, 15) is 9.59 Å². The standard InChI is InChI=1S/C17H18N4O4/c22-15(19-6-9-24-10-7-19)12-20-14-4-1-5-18-16(14)21(17(20)23)11-13-3-2-8-25-13/h1-5,8H,6-7,9-12H2. The quantitative estimate of drug-likeness (QED) is 0.697. The topological polar surface area (TPSA) is 82.5 Å². The Labute approximate surface area is 143 Å². The Kier molecular flexibility index (Phi) is 4.10. The molecule has 3 aromatic heterocycles. The van der Waals surface area contributed by atoms with Crippen LogP contribution in [0.2, 0.25) is 0 Å². The highest BCUT2D eigenvalue weighted by Gasteiger charge is 2.21. The van der Waals surface area contributed by atoms with Gasteiger partial charge in [0.1, 0.15) is 12.3 Å². The van der Waals surface area contributed by atoms with Crippen LogP contribution in [0.1, 0.15) is 5.76 Å². The molecule has 1 aliphatic rings. The van der Waals surface area contributed by atoms with Crippen LogP contribution in [0.5, 0.6) is 0 Å². The Morgan fingerprint density at radius 1 is 1.16 bits per heavy atom. The SMILES string of the molecule is O=C(Cn1c(=O)n(Cc2ccco2)c2ncccc21)N1CCOCC1. The van der Waals surface area contributed by atoms with Gasteiger partial charge in [-0.15, -0.1) is 0 Å². The first-order valence-corrected chi connectivity index (χ1v) is 8.16. The molecule has 0 saturated carbocycles. The number of furan rings is 1. The lowest BCUT2D eigenvalue weighted by Gasteiger charge is -2.26. The second kappa shape index (κ2) is 6.56. The van der Waals surface area contributed by atoms with Crippen LogP contribution in [-0.4, -0.2) is 51.2 Å². The lowest BCUT2D eigenvalue weighted by Crippen LogP contribution is -2.43. The summed E-state index contributed by atoms with van der Waals surface area (Å²) in [6, 6.07) is 7.13. The largest absolute Gasteiger partial charge is 0.467 e.